The highest BCUT2D eigenvalue weighted by atomic mass is 35.7. The summed E-state index contributed by atoms with van der Waals surface area (Å²) in [6.07, 6.45) is 10.5. The molecule has 4 saturated carbocycles. The lowest BCUT2D eigenvalue weighted by atomic mass is 9.72. The maximum Gasteiger partial charge on any atom is 0.251 e. The molecule has 0 aliphatic heterocycles. The van der Waals surface area contributed by atoms with Crippen molar-refractivity contribution in [3.63, 3.8) is 0 Å². The van der Waals surface area contributed by atoms with Crippen molar-refractivity contribution in [2.45, 2.75) is 57.0 Å². The third-order valence-electron chi connectivity index (χ3n) is 6.85. The number of fused-ring (bicyclic) bond motifs is 4. The SMILES string of the molecule is C[Si](Cl)(Cl)C1C2CCC(C2)C1C1CC2CCC1C2. The van der Waals surface area contributed by atoms with Crippen molar-refractivity contribution in [1.29, 1.82) is 0 Å². The first-order valence-electron chi connectivity index (χ1n) is 7.92. The Kier molecular flexibility index (Phi) is 2.89. The van der Waals surface area contributed by atoms with Gasteiger partial charge in [-0.15, -0.1) is 22.2 Å². The summed E-state index contributed by atoms with van der Waals surface area (Å²) >= 11 is 13.4. The molecule has 102 valence electrons. The fraction of sp³-hybridized carbons (Fsp3) is 1.00. The van der Waals surface area contributed by atoms with Crippen molar-refractivity contribution in [2.24, 2.45) is 35.5 Å². The first kappa shape index (κ1) is 12.5. The Hall–Kier alpha value is 0.797. The summed E-state index contributed by atoms with van der Waals surface area (Å²) in [7, 11) is 0. The van der Waals surface area contributed by atoms with Crippen LogP contribution in [0.2, 0.25) is 12.1 Å². The summed E-state index contributed by atoms with van der Waals surface area (Å²) in [4.78, 5) is 0. The molecule has 0 heterocycles. The Balaban J connectivity index is 1.62. The van der Waals surface area contributed by atoms with Crippen LogP contribution < -0.4 is 0 Å². The minimum Gasteiger partial charge on any atom is -0.146 e. The lowest BCUT2D eigenvalue weighted by molar-refractivity contribution is 0.162. The summed E-state index contributed by atoms with van der Waals surface area (Å²) < 4.78 is 0. The van der Waals surface area contributed by atoms with E-state index in [9.17, 15) is 0 Å². The Bertz CT molecular complexity index is 351. The van der Waals surface area contributed by atoms with Gasteiger partial charge in [-0.3, -0.25) is 0 Å². The molecule has 18 heavy (non-hydrogen) atoms. The van der Waals surface area contributed by atoms with Gasteiger partial charge in [-0.2, -0.15) is 0 Å². The Morgan fingerprint density at radius 2 is 1.56 bits per heavy atom. The molecule has 0 aromatic heterocycles. The quantitative estimate of drug-likeness (QED) is 0.474. The molecule has 4 bridgehead atoms. The zero-order chi connectivity index (χ0) is 12.5. The van der Waals surface area contributed by atoms with Crippen molar-refractivity contribution in [1.82, 2.24) is 0 Å². The predicted molar refractivity (Wildman–Crippen MR) is 80.3 cm³/mol. The van der Waals surface area contributed by atoms with E-state index < -0.39 is 6.69 Å². The van der Waals surface area contributed by atoms with Crippen LogP contribution in [0, 0.1) is 35.5 Å². The maximum atomic E-state index is 6.71. The number of hydrogen-bond donors (Lipinski definition) is 0. The molecule has 0 N–H and O–H groups in total. The van der Waals surface area contributed by atoms with E-state index in [2.05, 4.69) is 6.55 Å². The standard InChI is InChI=1S/C15H24Cl2Si/c1-18(16,17)15-12-5-4-11(8-12)14(15)13-7-9-2-3-10(13)6-9/h9-15H,2-8H2,1H3. The Labute approximate surface area is 121 Å². The lowest BCUT2D eigenvalue weighted by Crippen LogP contribution is -2.38. The number of hydrogen-bond acceptors (Lipinski definition) is 0. The van der Waals surface area contributed by atoms with Gasteiger partial charge >= 0.3 is 0 Å². The van der Waals surface area contributed by atoms with Crippen LogP contribution in [-0.2, 0) is 0 Å². The highest BCUT2D eigenvalue weighted by Crippen LogP contribution is 2.67. The Morgan fingerprint density at radius 1 is 0.833 bits per heavy atom. The molecule has 0 radical (unpaired) electrons. The molecule has 4 rings (SSSR count). The fourth-order valence-corrected chi connectivity index (χ4v) is 10.7. The van der Waals surface area contributed by atoms with E-state index in [0.29, 0.717) is 0 Å². The first-order valence-corrected chi connectivity index (χ1v) is 12.5. The summed E-state index contributed by atoms with van der Waals surface area (Å²) in [5, 5.41) is 0. The van der Waals surface area contributed by atoms with Gasteiger partial charge in [-0.05, 0) is 79.7 Å². The van der Waals surface area contributed by atoms with Crippen molar-refractivity contribution in [2.75, 3.05) is 0 Å². The predicted octanol–water partition coefficient (Wildman–Crippen LogP) is 5.39. The monoisotopic (exact) mass is 302 g/mol. The molecular formula is C15H24Cl2Si. The third-order valence-corrected chi connectivity index (χ3v) is 10.4. The van der Waals surface area contributed by atoms with Crippen molar-refractivity contribution in [3.05, 3.63) is 0 Å². The molecular weight excluding hydrogens is 279 g/mol. The summed E-state index contributed by atoms with van der Waals surface area (Å²) in [5.74, 6) is 5.93. The molecule has 4 aliphatic rings. The van der Waals surface area contributed by atoms with E-state index in [0.717, 1.165) is 41.0 Å². The molecule has 0 aromatic carbocycles. The molecule has 4 aliphatic carbocycles. The van der Waals surface area contributed by atoms with Crippen molar-refractivity contribution in [3.8, 4) is 0 Å². The average molecular weight is 303 g/mol. The zero-order valence-corrected chi connectivity index (χ0v) is 13.8. The highest BCUT2D eigenvalue weighted by Gasteiger charge is 2.59. The van der Waals surface area contributed by atoms with Gasteiger partial charge in [0.05, 0.1) is 0 Å². The van der Waals surface area contributed by atoms with Gasteiger partial charge in [0.15, 0.2) is 0 Å². The first-order chi connectivity index (χ1) is 8.54. The molecule has 0 nitrogen and oxygen atoms in total. The molecule has 0 saturated heterocycles. The minimum absolute atomic E-state index is 0.726. The van der Waals surface area contributed by atoms with E-state index in [1.807, 2.05) is 0 Å². The topological polar surface area (TPSA) is 0 Å². The van der Waals surface area contributed by atoms with Gasteiger partial charge in [0.25, 0.3) is 6.69 Å². The molecule has 7 atom stereocenters. The van der Waals surface area contributed by atoms with Crippen molar-refractivity contribution >= 4 is 28.9 Å². The van der Waals surface area contributed by atoms with Crippen LogP contribution in [0.1, 0.15) is 44.9 Å². The normalized spacial score (nSPS) is 54.5. The van der Waals surface area contributed by atoms with Gasteiger partial charge < -0.3 is 0 Å². The fourth-order valence-electron chi connectivity index (χ4n) is 6.47. The Morgan fingerprint density at radius 3 is 2.17 bits per heavy atom. The minimum atomic E-state index is -1.99. The lowest BCUT2D eigenvalue weighted by Gasteiger charge is -2.42. The van der Waals surface area contributed by atoms with Crippen LogP contribution in [0.3, 0.4) is 0 Å². The largest absolute Gasteiger partial charge is 0.251 e. The number of halogens is 2. The molecule has 0 amide bonds. The van der Waals surface area contributed by atoms with E-state index >= 15 is 0 Å². The third kappa shape index (κ3) is 1.76. The van der Waals surface area contributed by atoms with Gasteiger partial charge in [0.1, 0.15) is 0 Å². The van der Waals surface area contributed by atoms with E-state index in [1.54, 1.807) is 0 Å². The second kappa shape index (κ2) is 4.15. The van der Waals surface area contributed by atoms with E-state index in [4.69, 9.17) is 22.2 Å². The summed E-state index contributed by atoms with van der Waals surface area (Å²) in [6.45, 7) is 0.205. The maximum absolute atomic E-state index is 6.71. The highest BCUT2D eigenvalue weighted by molar-refractivity contribution is 7.45. The van der Waals surface area contributed by atoms with Crippen molar-refractivity contribution < 1.29 is 0 Å². The van der Waals surface area contributed by atoms with E-state index in [-0.39, 0.29) is 0 Å². The average Bonchev–Trinajstić information content (AvgIpc) is 3.05. The molecule has 0 aromatic rings. The smallest absolute Gasteiger partial charge is 0.146 e. The molecule has 0 spiro atoms. The van der Waals surface area contributed by atoms with Gasteiger partial charge in [-0.25, -0.2) is 0 Å². The second-order valence-electron chi connectivity index (χ2n) is 7.73. The van der Waals surface area contributed by atoms with Crippen LogP contribution in [0.15, 0.2) is 0 Å². The molecule has 4 fully saturated rings. The van der Waals surface area contributed by atoms with Gasteiger partial charge in [0, 0.05) is 0 Å². The van der Waals surface area contributed by atoms with Gasteiger partial charge in [-0.1, -0.05) is 12.8 Å². The van der Waals surface area contributed by atoms with Crippen LogP contribution in [0.5, 0.6) is 0 Å². The second-order valence-corrected chi connectivity index (χ2v) is 15.6. The van der Waals surface area contributed by atoms with Crippen LogP contribution in [-0.4, -0.2) is 6.69 Å². The summed E-state index contributed by atoms with van der Waals surface area (Å²) in [5.41, 5.74) is 0.726. The molecule has 3 heteroatoms. The zero-order valence-electron chi connectivity index (χ0n) is 11.2. The van der Waals surface area contributed by atoms with Crippen LogP contribution in [0.25, 0.3) is 0 Å². The van der Waals surface area contributed by atoms with Crippen LogP contribution >= 0.6 is 22.2 Å². The number of rotatable bonds is 2. The summed E-state index contributed by atoms with van der Waals surface area (Å²) in [6, 6.07) is 0. The molecule has 7 unspecified atom stereocenters. The van der Waals surface area contributed by atoms with Crippen LogP contribution in [0.4, 0.5) is 0 Å². The van der Waals surface area contributed by atoms with Gasteiger partial charge in [0.2, 0.25) is 0 Å². The van der Waals surface area contributed by atoms with E-state index in [1.165, 1.54) is 44.9 Å².